The molecule has 4 N–H and O–H groups in total. The SMILES string of the molecule is N=C(NO)c1cccc(N2C(=O)CC(=O)Nc3c2ccc2ccccc32)c1. The van der Waals surface area contributed by atoms with Gasteiger partial charge in [-0.05, 0) is 23.6 Å². The van der Waals surface area contributed by atoms with E-state index < -0.39 is 0 Å². The molecule has 4 rings (SSSR count). The summed E-state index contributed by atoms with van der Waals surface area (Å²) in [5.74, 6) is -0.935. The van der Waals surface area contributed by atoms with E-state index in [9.17, 15) is 9.59 Å². The Hall–Kier alpha value is -3.71. The number of carbonyl (C=O) groups excluding carboxylic acids is 2. The van der Waals surface area contributed by atoms with Crippen molar-refractivity contribution in [2.24, 2.45) is 0 Å². The molecule has 0 atom stereocenters. The van der Waals surface area contributed by atoms with E-state index in [4.69, 9.17) is 10.6 Å². The van der Waals surface area contributed by atoms with Gasteiger partial charge in [0.25, 0.3) is 0 Å². The molecule has 0 aliphatic carbocycles. The fourth-order valence-corrected chi connectivity index (χ4v) is 3.26. The zero-order valence-corrected chi connectivity index (χ0v) is 14.2. The summed E-state index contributed by atoms with van der Waals surface area (Å²) in [7, 11) is 0. The van der Waals surface area contributed by atoms with E-state index in [1.54, 1.807) is 35.8 Å². The predicted molar refractivity (Wildman–Crippen MR) is 103 cm³/mol. The number of amidine groups is 1. The Morgan fingerprint density at radius 2 is 1.89 bits per heavy atom. The van der Waals surface area contributed by atoms with Gasteiger partial charge in [0.1, 0.15) is 12.3 Å². The van der Waals surface area contributed by atoms with E-state index in [0.29, 0.717) is 22.6 Å². The molecule has 134 valence electrons. The van der Waals surface area contributed by atoms with Crippen molar-refractivity contribution in [2.45, 2.75) is 6.42 Å². The Morgan fingerprint density at radius 1 is 1.07 bits per heavy atom. The first-order chi connectivity index (χ1) is 13.1. The molecule has 0 aromatic heterocycles. The van der Waals surface area contributed by atoms with Gasteiger partial charge >= 0.3 is 0 Å². The van der Waals surface area contributed by atoms with Crippen molar-refractivity contribution >= 4 is 45.5 Å². The maximum Gasteiger partial charge on any atom is 0.241 e. The second kappa shape index (κ2) is 6.54. The zero-order valence-electron chi connectivity index (χ0n) is 14.2. The van der Waals surface area contributed by atoms with Crippen LogP contribution >= 0.6 is 0 Å². The fraction of sp³-hybridized carbons (Fsp3) is 0.0500. The molecule has 3 aromatic rings. The normalized spacial score (nSPS) is 13.7. The number of hydroxylamine groups is 1. The van der Waals surface area contributed by atoms with Gasteiger partial charge in [-0.1, -0.05) is 42.5 Å². The predicted octanol–water partition coefficient (Wildman–Crippen LogP) is 3.15. The van der Waals surface area contributed by atoms with E-state index >= 15 is 0 Å². The van der Waals surface area contributed by atoms with E-state index in [1.165, 1.54) is 4.90 Å². The first kappa shape index (κ1) is 16.7. The van der Waals surface area contributed by atoms with Crippen LogP contribution in [0.15, 0.2) is 60.7 Å². The number of amides is 2. The van der Waals surface area contributed by atoms with Gasteiger partial charge in [-0.15, -0.1) is 0 Å². The fourth-order valence-electron chi connectivity index (χ4n) is 3.26. The Kier molecular flexibility index (Phi) is 4.06. The first-order valence-electron chi connectivity index (χ1n) is 8.32. The highest BCUT2D eigenvalue weighted by molar-refractivity contribution is 6.21. The highest BCUT2D eigenvalue weighted by Crippen LogP contribution is 2.40. The van der Waals surface area contributed by atoms with E-state index in [1.807, 2.05) is 30.3 Å². The van der Waals surface area contributed by atoms with Gasteiger partial charge in [0.15, 0.2) is 0 Å². The number of nitrogens with one attached hydrogen (secondary N) is 3. The Morgan fingerprint density at radius 3 is 2.70 bits per heavy atom. The lowest BCUT2D eigenvalue weighted by atomic mass is 10.1. The van der Waals surface area contributed by atoms with Crippen LogP contribution in [0.2, 0.25) is 0 Å². The van der Waals surface area contributed by atoms with Gasteiger partial charge in [-0.25, -0.2) is 0 Å². The number of rotatable bonds is 2. The van der Waals surface area contributed by atoms with Crippen LogP contribution in [0.4, 0.5) is 17.1 Å². The number of anilines is 3. The average Bonchev–Trinajstić information content (AvgIpc) is 2.82. The van der Waals surface area contributed by atoms with Gasteiger partial charge in [0.2, 0.25) is 11.8 Å². The highest BCUT2D eigenvalue weighted by Gasteiger charge is 2.28. The summed E-state index contributed by atoms with van der Waals surface area (Å²) >= 11 is 0. The van der Waals surface area contributed by atoms with Gasteiger partial charge in [-0.2, -0.15) is 0 Å². The molecule has 0 saturated carbocycles. The summed E-state index contributed by atoms with van der Waals surface area (Å²) in [4.78, 5) is 26.5. The van der Waals surface area contributed by atoms with Crippen molar-refractivity contribution in [1.82, 2.24) is 5.48 Å². The maximum atomic E-state index is 12.8. The van der Waals surface area contributed by atoms with Crippen LogP contribution in [0.1, 0.15) is 12.0 Å². The lowest BCUT2D eigenvalue weighted by Crippen LogP contribution is -2.27. The molecule has 0 saturated heterocycles. The molecule has 7 heteroatoms. The summed E-state index contributed by atoms with van der Waals surface area (Å²) in [6.45, 7) is 0. The Balaban J connectivity index is 1.94. The first-order valence-corrected chi connectivity index (χ1v) is 8.32. The van der Waals surface area contributed by atoms with Gasteiger partial charge in [-0.3, -0.25) is 30.6 Å². The van der Waals surface area contributed by atoms with Crippen LogP contribution < -0.4 is 15.7 Å². The molecule has 1 aliphatic rings. The lowest BCUT2D eigenvalue weighted by molar-refractivity contribution is -0.124. The molecule has 1 heterocycles. The highest BCUT2D eigenvalue weighted by atomic mass is 16.5. The third-order valence-corrected chi connectivity index (χ3v) is 4.48. The topological polar surface area (TPSA) is 106 Å². The molecule has 3 aromatic carbocycles. The second-order valence-corrected chi connectivity index (χ2v) is 6.17. The molecular weight excluding hydrogens is 344 g/mol. The molecule has 0 unspecified atom stereocenters. The van der Waals surface area contributed by atoms with Gasteiger partial charge < -0.3 is 5.32 Å². The number of benzene rings is 3. The summed E-state index contributed by atoms with van der Waals surface area (Å²) in [6.07, 6.45) is -0.289. The molecule has 2 amide bonds. The number of hydrogen-bond acceptors (Lipinski definition) is 4. The summed E-state index contributed by atoms with van der Waals surface area (Å²) in [6, 6.07) is 18.0. The summed E-state index contributed by atoms with van der Waals surface area (Å²) in [5.41, 5.74) is 3.85. The molecule has 7 nitrogen and oxygen atoms in total. The third-order valence-electron chi connectivity index (χ3n) is 4.48. The summed E-state index contributed by atoms with van der Waals surface area (Å²) in [5, 5.41) is 21.4. The Bertz CT molecular complexity index is 1090. The quantitative estimate of drug-likeness (QED) is 0.244. The van der Waals surface area contributed by atoms with Crippen molar-refractivity contribution < 1.29 is 14.8 Å². The molecule has 0 fully saturated rings. The smallest absolute Gasteiger partial charge is 0.241 e. The number of fused-ring (bicyclic) bond motifs is 3. The number of hydrogen-bond donors (Lipinski definition) is 4. The van der Waals surface area contributed by atoms with Crippen molar-refractivity contribution in [2.75, 3.05) is 10.2 Å². The second-order valence-electron chi connectivity index (χ2n) is 6.17. The van der Waals surface area contributed by atoms with Crippen LogP contribution in [0.5, 0.6) is 0 Å². The maximum absolute atomic E-state index is 12.8. The van der Waals surface area contributed by atoms with Crippen LogP contribution in [-0.2, 0) is 9.59 Å². The van der Waals surface area contributed by atoms with Crippen molar-refractivity contribution in [1.29, 1.82) is 5.41 Å². The minimum atomic E-state index is -0.374. The number of carbonyl (C=O) groups is 2. The van der Waals surface area contributed by atoms with Crippen LogP contribution in [0.3, 0.4) is 0 Å². The van der Waals surface area contributed by atoms with Crippen molar-refractivity contribution in [3.05, 3.63) is 66.2 Å². The minimum absolute atomic E-state index is 0.188. The zero-order chi connectivity index (χ0) is 19.0. The van der Waals surface area contributed by atoms with E-state index in [2.05, 4.69) is 5.32 Å². The largest absolute Gasteiger partial charge is 0.323 e. The van der Waals surface area contributed by atoms with E-state index in [0.717, 1.165) is 10.8 Å². The van der Waals surface area contributed by atoms with Crippen LogP contribution in [-0.4, -0.2) is 22.9 Å². The summed E-state index contributed by atoms with van der Waals surface area (Å²) < 4.78 is 0. The lowest BCUT2D eigenvalue weighted by Gasteiger charge is -2.24. The number of nitrogens with zero attached hydrogens (tertiary/aromatic N) is 1. The van der Waals surface area contributed by atoms with Gasteiger partial charge in [0.05, 0.1) is 11.4 Å². The van der Waals surface area contributed by atoms with Crippen LogP contribution in [0.25, 0.3) is 10.8 Å². The molecule has 27 heavy (non-hydrogen) atoms. The third kappa shape index (κ3) is 2.90. The Labute approximate surface area is 154 Å². The monoisotopic (exact) mass is 360 g/mol. The van der Waals surface area contributed by atoms with Gasteiger partial charge in [0, 0.05) is 16.6 Å². The molecule has 1 aliphatic heterocycles. The van der Waals surface area contributed by atoms with Crippen LogP contribution in [0, 0.1) is 5.41 Å². The average molecular weight is 360 g/mol. The minimum Gasteiger partial charge on any atom is -0.323 e. The van der Waals surface area contributed by atoms with Crippen molar-refractivity contribution in [3.8, 4) is 0 Å². The van der Waals surface area contributed by atoms with E-state index in [-0.39, 0.29) is 24.1 Å². The van der Waals surface area contributed by atoms with Crippen molar-refractivity contribution in [3.63, 3.8) is 0 Å². The standard InChI is InChI=1S/C20H16N4O3/c21-20(23-27)13-5-3-6-14(10-13)24-16-9-8-12-4-1-2-7-15(12)19(16)22-17(25)11-18(24)26/h1-10,27H,11H2,(H2,21,23)(H,22,25). The molecule has 0 bridgehead atoms. The molecule has 0 spiro atoms. The molecular formula is C20H16N4O3. The molecule has 0 radical (unpaired) electrons.